The standard InChI is InChI=1S/C30H38N2O5/c1-34-28-14-13-25(29(35-2)30(28)36-3)26(33)22-32-17-15-31(16-18-32)19-20-37-27-12-8-7-11-24(27)21-23-9-5-4-6-10-23/h4-14,26,33H,15-22H2,1-3H3. The Hall–Kier alpha value is -3.26. The first-order valence-corrected chi connectivity index (χ1v) is 12.8. The Morgan fingerprint density at radius 1 is 0.730 bits per heavy atom. The molecule has 1 atom stereocenters. The Labute approximate surface area is 220 Å². The van der Waals surface area contributed by atoms with E-state index in [4.69, 9.17) is 18.9 Å². The third-order valence-electron chi connectivity index (χ3n) is 6.86. The number of hydrogen-bond donors (Lipinski definition) is 1. The lowest BCUT2D eigenvalue weighted by Gasteiger charge is -2.35. The number of rotatable bonds is 12. The second kappa shape index (κ2) is 13.3. The predicted molar refractivity (Wildman–Crippen MR) is 145 cm³/mol. The van der Waals surface area contributed by atoms with Crippen molar-refractivity contribution in [2.45, 2.75) is 12.5 Å². The van der Waals surface area contributed by atoms with E-state index in [1.807, 2.05) is 18.2 Å². The molecule has 1 saturated heterocycles. The Morgan fingerprint density at radius 2 is 1.41 bits per heavy atom. The molecule has 0 radical (unpaired) electrons. The SMILES string of the molecule is COc1ccc(C(O)CN2CCN(CCOc3ccccc3Cc3ccccc3)CC2)c(OC)c1OC. The van der Waals surface area contributed by atoms with Crippen LogP contribution in [-0.2, 0) is 6.42 Å². The highest BCUT2D eigenvalue weighted by molar-refractivity contribution is 5.56. The number of piperazine rings is 1. The van der Waals surface area contributed by atoms with Gasteiger partial charge in [0.15, 0.2) is 11.5 Å². The average Bonchev–Trinajstić information content (AvgIpc) is 2.94. The van der Waals surface area contributed by atoms with Gasteiger partial charge in [-0.05, 0) is 29.3 Å². The fourth-order valence-corrected chi connectivity index (χ4v) is 4.82. The Balaban J connectivity index is 1.25. The van der Waals surface area contributed by atoms with E-state index < -0.39 is 6.10 Å². The zero-order valence-corrected chi connectivity index (χ0v) is 22.1. The Morgan fingerprint density at radius 3 is 2.11 bits per heavy atom. The molecule has 1 fully saturated rings. The number of aliphatic hydroxyl groups excluding tert-OH is 1. The van der Waals surface area contributed by atoms with E-state index in [0.717, 1.165) is 44.9 Å². The Kier molecular flexibility index (Phi) is 9.65. The van der Waals surface area contributed by atoms with Crippen LogP contribution in [0.2, 0.25) is 0 Å². The molecule has 37 heavy (non-hydrogen) atoms. The van der Waals surface area contributed by atoms with Crippen molar-refractivity contribution in [2.75, 3.05) is 67.2 Å². The maximum absolute atomic E-state index is 11.0. The maximum atomic E-state index is 11.0. The van der Waals surface area contributed by atoms with Crippen LogP contribution in [0, 0.1) is 0 Å². The number of β-amino-alcohol motifs (C(OH)–C–C–N with tert-alkyl or cyclic N) is 1. The summed E-state index contributed by atoms with van der Waals surface area (Å²) in [6.07, 6.45) is 0.175. The third kappa shape index (κ3) is 6.95. The van der Waals surface area contributed by atoms with Gasteiger partial charge in [-0.15, -0.1) is 0 Å². The molecule has 0 bridgehead atoms. The van der Waals surface area contributed by atoms with Gasteiger partial charge in [0.2, 0.25) is 5.75 Å². The first-order valence-electron chi connectivity index (χ1n) is 12.8. The molecule has 7 nitrogen and oxygen atoms in total. The largest absolute Gasteiger partial charge is 0.493 e. The highest BCUT2D eigenvalue weighted by atomic mass is 16.5. The molecule has 7 heteroatoms. The van der Waals surface area contributed by atoms with Crippen LogP contribution in [0.5, 0.6) is 23.0 Å². The number of benzene rings is 3. The van der Waals surface area contributed by atoms with Crippen LogP contribution in [0.25, 0.3) is 0 Å². The van der Waals surface area contributed by atoms with E-state index >= 15 is 0 Å². The van der Waals surface area contributed by atoms with Gasteiger partial charge in [-0.2, -0.15) is 0 Å². The molecule has 198 valence electrons. The molecular weight excluding hydrogens is 468 g/mol. The van der Waals surface area contributed by atoms with Gasteiger partial charge in [0.25, 0.3) is 0 Å². The van der Waals surface area contributed by atoms with Crippen LogP contribution < -0.4 is 18.9 Å². The maximum Gasteiger partial charge on any atom is 0.203 e. The first-order chi connectivity index (χ1) is 18.1. The lowest BCUT2D eigenvalue weighted by Crippen LogP contribution is -2.48. The molecule has 0 aliphatic carbocycles. The second-order valence-corrected chi connectivity index (χ2v) is 9.20. The van der Waals surface area contributed by atoms with Crippen LogP contribution in [0.1, 0.15) is 22.8 Å². The predicted octanol–water partition coefficient (Wildman–Crippen LogP) is 4.03. The summed E-state index contributed by atoms with van der Waals surface area (Å²) in [6, 6.07) is 22.4. The van der Waals surface area contributed by atoms with Crippen molar-refractivity contribution in [3.8, 4) is 23.0 Å². The minimum absolute atomic E-state index is 0.497. The lowest BCUT2D eigenvalue weighted by atomic mass is 10.0. The molecule has 0 aromatic heterocycles. The highest BCUT2D eigenvalue weighted by Crippen LogP contribution is 2.42. The molecule has 1 aliphatic heterocycles. The van der Waals surface area contributed by atoms with Gasteiger partial charge in [0.05, 0.1) is 27.4 Å². The van der Waals surface area contributed by atoms with E-state index in [-0.39, 0.29) is 0 Å². The summed E-state index contributed by atoms with van der Waals surface area (Å²) >= 11 is 0. The van der Waals surface area contributed by atoms with Crippen LogP contribution in [0.15, 0.2) is 66.7 Å². The fourth-order valence-electron chi connectivity index (χ4n) is 4.82. The molecule has 0 amide bonds. The summed E-state index contributed by atoms with van der Waals surface area (Å²) in [7, 11) is 4.73. The van der Waals surface area contributed by atoms with Crippen LogP contribution in [-0.4, -0.2) is 82.1 Å². The monoisotopic (exact) mass is 506 g/mol. The van der Waals surface area contributed by atoms with E-state index in [1.165, 1.54) is 11.1 Å². The molecule has 1 aliphatic rings. The number of nitrogens with zero attached hydrogens (tertiary/aromatic N) is 2. The number of ether oxygens (including phenoxy) is 4. The number of aliphatic hydroxyl groups is 1. The van der Waals surface area contributed by atoms with Crippen molar-refractivity contribution < 1.29 is 24.1 Å². The van der Waals surface area contributed by atoms with E-state index in [9.17, 15) is 5.11 Å². The van der Waals surface area contributed by atoms with Gasteiger partial charge in [-0.1, -0.05) is 48.5 Å². The topological polar surface area (TPSA) is 63.6 Å². The summed E-state index contributed by atoms with van der Waals surface area (Å²) < 4.78 is 22.6. The molecule has 0 spiro atoms. The molecular formula is C30H38N2O5. The second-order valence-electron chi connectivity index (χ2n) is 9.20. The van der Waals surface area contributed by atoms with Crippen molar-refractivity contribution >= 4 is 0 Å². The summed E-state index contributed by atoms with van der Waals surface area (Å²) in [5.41, 5.74) is 3.19. The molecule has 1 heterocycles. The third-order valence-corrected chi connectivity index (χ3v) is 6.86. The highest BCUT2D eigenvalue weighted by Gasteiger charge is 2.24. The summed E-state index contributed by atoms with van der Waals surface area (Å²) in [4.78, 5) is 4.70. The first kappa shape index (κ1) is 26.8. The van der Waals surface area contributed by atoms with Gasteiger partial charge >= 0.3 is 0 Å². The quantitative estimate of drug-likeness (QED) is 0.398. The summed E-state index contributed by atoms with van der Waals surface area (Å²) in [6.45, 7) is 5.70. The summed E-state index contributed by atoms with van der Waals surface area (Å²) in [5, 5.41) is 11.0. The van der Waals surface area contributed by atoms with E-state index in [2.05, 4.69) is 52.3 Å². The van der Waals surface area contributed by atoms with Crippen LogP contribution >= 0.6 is 0 Å². The van der Waals surface area contributed by atoms with Gasteiger partial charge in [0, 0.05) is 51.3 Å². The average molecular weight is 507 g/mol. The minimum atomic E-state index is -0.689. The molecule has 3 aromatic rings. The zero-order valence-electron chi connectivity index (χ0n) is 22.1. The van der Waals surface area contributed by atoms with Gasteiger partial charge in [0.1, 0.15) is 12.4 Å². The Bertz CT molecular complexity index is 1120. The van der Waals surface area contributed by atoms with Crippen molar-refractivity contribution in [3.63, 3.8) is 0 Å². The lowest BCUT2D eigenvalue weighted by molar-refractivity contribution is 0.0663. The van der Waals surface area contributed by atoms with Crippen LogP contribution in [0.4, 0.5) is 0 Å². The van der Waals surface area contributed by atoms with Gasteiger partial charge in [-0.3, -0.25) is 9.80 Å². The van der Waals surface area contributed by atoms with Crippen molar-refractivity contribution in [2.24, 2.45) is 0 Å². The van der Waals surface area contributed by atoms with Crippen molar-refractivity contribution in [1.82, 2.24) is 9.80 Å². The molecule has 0 saturated carbocycles. The number of para-hydroxylation sites is 1. The fraction of sp³-hybridized carbons (Fsp3) is 0.400. The summed E-state index contributed by atoms with van der Waals surface area (Å²) in [5.74, 6) is 2.54. The van der Waals surface area contributed by atoms with E-state index in [1.54, 1.807) is 27.4 Å². The minimum Gasteiger partial charge on any atom is -0.493 e. The van der Waals surface area contributed by atoms with E-state index in [0.29, 0.717) is 36.0 Å². The molecule has 4 rings (SSSR count). The normalized spacial score (nSPS) is 15.2. The van der Waals surface area contributed by atoms with Crippen molar-refractivity contribution in [1.29, 1.82) is 0 Å². The number of hydrogen-bond acceptors (Lipinski definition) is 7. The molecule has 1 N–H and O–H groups in total. The van der Waals surface area contributed by atoms with Gasteiger partial charge in [-0.25, -0.2) is 0 Å². The zero-order chi connectivity index (χ0) is 26.0. The van der Waals surface area contributed by atoms with Gasteiger partial charge < -0.3 is 24.1 Å². The van der Waals surface area contributed by atoms with Crippen LogP contribution in [0.3, 0.4) is 0 Å². The molecule has 3 aromatic carbocycles. The number of methoxy groups -OCH3 is 3. The van der Waals surface area contributed by atoms with Crippen molar-refractivity contribution in [3.05, 3.63) is 83.4 Å². The smallest absolute Gasteiger partial charge is 0.203 e. The molecule has 1 unspecified atom stereocenters.